The average molecular weight is 224 g/mol. The van der Waals surface area contributed by atoms with Gasteiger partial charge in [-0.25, -0.2) is 0 Å². The average Bonchev–Trinajstić information content (AvgIpc) is 2.70. The van der Waals surface area contributed by atoms with E-state index in [4.69, 9.17) is 0 Å². The Morgan fingerprint density at radius 2 is 2.25 bits per heavy atom. The number of piperidine rings is 1. The lowest BCUT2D eigenvalue weighted by molar-refractivity contribution is -0.385. The molecule has 0 unspecified atom stereocenters. The topological polar surface area (TPSA) is 64.2 Å². The number of aromatic nitrogens is 2. The molecular weight excluding hydrogens is 208 g/mol. The van der Waals surface area contributed by atoms with Crippen LogP contribution in [-0.4, -0.2) is 39.7 Å². The van der Waals surface area contributed by atoms with Gasteiger partial charge in [0.1, 0.15) is 12.4 Å². The van der Waals surface area contributed by atoms with Crippen molar-refractivity contribution in [2.45, 2.75) is 19.4 Å². The van der Waals surface area contributed by atoms with Gasteiger partial charge < -0.3 is 4.90 Å². The molecule has 0 radical (unpaired) electrons. The summed E-state index contributed by atoms with van der Waals surface area (Å²) >= 11 is 0. The molecule has 0 atom stereocenters. The van der Waals surface area contributed by atoms with Crippen LogP contribution in [0.15, 0.2) is 12.4 Å². The van der Waals surface area contributed by atoms with Gasteiger partial charge in [0.15, 0.2) is 0 Å². The lowest BCUT2D eigenvalue weighted by atomic mass is 9.97. The van der Waals surface area contributed by atoms with E-state index in [1.165, 1.54) is 12.4 Å². The molecule has 1 fully saturated rings. The van der Waals surface area contributed by atoms with Crippen molar-refractivity contribution in [3.63, 3.8) is 0 Å². The van der Waals surface area contributed by atoms with Crippen LogP contribution in [0, 0.1) is 16.0 Å². The first-order valence-electron chi connectivity index (χ1n) is 5.50. The Kier molecular flexibility index (Phi) is 3.19. The monoisotopic (exact) mass is 224 g/mol. The molecule has 1 aromatic heterocycles. The van der Waals surface area contributed by atoms with Gasteiger partial charge in [-0.1, -0.05) is 0 Å². The first-order chi connectivity index (χ1) is 7.65. The minimum Gasteiger partial charge on any atom is -0.306 e. The summed E-state index contributed by atoms with van der Waals surface area (Å²) in [4.78, 5) is 12.4. The summed E-state index contributed by atoms with van der Waals surface area (Å²) in [7, 11) is 2.12. The molecule has 0 aliphatic carbocycles. The summed E-state index contributed by atoms with van der Waals surface area (Å²) in [6.07, 6.45) is 5.11. The quantitative estimate of drug-likeness (QED) is 0.570. The van der Waals surface area contributed by atoms with E-state index >= 15 is 0 Å². The summed E-state index contributed by atoms with van der Waals surface area (Å²) in [5, 5.41) is 14.5. The van der Waals surface area contributed by atoms with Crippen LogP contribution >= 0.6 is 0 Å². The second-order valence-corrected chi connectivity index (χ2v) is 4.42. The smallest absolute Gasteiger partial charge is 0.306 e. The second-order valence-electron chi connectivity index (χ2n) is 4.42. The fourth-order valence-corrected chi connectivity index (χ4v) is 2.06. The summed E-state index contributed by atoms with van der Waals surface area (Å²) in [5.41, 5.74) is 0.0768. The Hall–Kier alpha value is -1.43. The highest BCUT2D eigenvalue weighted by atomic mass is 16.6. The highest BCUT2D eigenvalue weighted by Gasteiger charge is 2.18. The lowest BCUT2D eigenvalue weighted by Gasteiger charge is -2.28. The van der Waals surface area contributed by atoms with Gasteiger partial charge in [0, 0.05) is 6.54 Å². The fourth-order valence-electron chi connectivity index (χ4n) is 2.06. The van der Waals surface area contributed by atoms with Gasteiger partial charge in [0.25, 0.3) is 0 Å². The van der Waals surface area contributed by atoms with E-state index in [1.807, 2.05) is 0 Å². The van der Waals surface area contributed by atoms with E-state index in [9.17, 15) is 10.1 Å². The van der Waals surface area contributed by atoms with Crippen molar-refractivity contribution < 1.29 is 4.92 Å². The van der Waals surface area contributed by atoms with Crippen molar-refractivity contribution in [2.24, 2.45) is 5.92 Å². The Bertz CT molecular complexity index is 369. The Morgan fingerprint density at radius 1 is 1.56 bits per heavy atom. The van der Waals surface area contributed by atoms with Crippen LogP contribution in [-0.2, 0) is 6.54 Å². The van der Waals surface area contributed by atoms with Crippen molar-refractivity contribution in [1.82, 2.24) is 14.7 Å². The van der Waals surface area contributed by atoms with Crippen LogP contribution < -0.4 is 0 Å². The van der Waals surface area contributed by atoms with Gasteiger partial charge >= 0.3 is 5.69 Å². The highest BCUT2D eigenvalue weighted by Crippen LogP contribution is 2.18. The minimum atomic E-state index is -0.405. The van der Waals surface area contributed by atoms with Gasteiger partial charge in [-0.2, -0.15) is 5.10 Å². The van der Waals surface area contributed by atoms with Gasteiger partial charge in [-0.15, -0.1) is 0 Å². The molecular formula is C10H16N4O2. The summed E-state index contributed by atoms with van der Waals surface area (Å²) in [6.45, 7) is 3.00. The third kappa shape index (κ3) is 2.57. The van der Waals surface area contributed by atoms with Crippen LogP contribution in [0.3, 0.4) is 0 Å². The molecule has 6 heteroatoms. The number of hydrogen-bond donors (Lipinski definition) is 0. The molecule has 0 aromatic carbocycles. The van der Waals surface area contributed by atoms with Gasteiger partial charge in [0.05, 0.1) is 4.92 Å². The second kappa shape index (κ2) is 4.61. The largest absolute Gasteiger partial charge is 0.306 e. The summed E-state index contributed by atoms with van der Waals surface area (Å²) in [6, 6.07) is 0. The molecule has 1 saturated heterocycles. The predicted molar refractivity (Wildman–Crippen MR) is 59.1 cm³/mol. The van der Waals surface area contributed by atoms with Crippen molar-refractivity contribution in [2.75, 3.05) is 20.1 Å². The summed E-state index contributed by atoms with van der Waals surface area (Å²) < 4.78 is 1.69. The van der Waals surface area contributed by atoms with Crippen molar-refractivity contribution in [3.05, 3.63) is 22.5 Å². The standard InChI is InChI=1S/C10H16N4O2/c1-12-4-2-9(3-5-12)7-13-8-10(6-11-13)14(15)16/h6,8-9H,2-5,7H2,1H3. The normalized spacial score (nSPS) is 18.8. The van der Waals surface area contributed by atoms with Gasteiger partial charge in [0.2, 0.25) is 0 Å². The molecule has 2 rings (SSSR count). The molecule has 16 heavy (non-hydrogen) atoms. The molecule has 0 N–H and O–H groups in total. The van der Waals surface area contributed by atoms with E-state index in [-0.39, 0.29) is 5.69 Å². The molecule has 1 aromatic rings. The Balaban J connectivity index is 1.91. The SMILES string of the molecule is CN1CCC(Cn2cc([N+](=O)[O-])cn2)CC1. The molecule has 2 heterocycles. The molecule has 0 saturated carbocycles. The van der Waals surface area contributed by atoms with E-state index in [0.717, 1.165) is 32.5 Å². The van der Waals surface area contributed by atoms with Gasteiger partial charge in [-0.05, 0) is 38.9 Å². The molecule has 1 aliphatic heterocycles. The Labute approximate surface area is 94.0 Å². The maximum Gasteiger partial charge on any atom is 0.306 e. The van der Waals surface area contributed by atoms with Crippen molar-refractivity contribution >= 4 is 5.69 Å². The number of likely N-dealkylation sites (tertiary alicyclic amines) is 1. The molecule has 88 valence electrons. The molecule has 0 spiro atoms. The zero-order valence-electron chi connectivity index (χ0n) is 9.37. The van der Waals surface area contributed by atoms with Gasteiger partial charge in [-0.3, -0.25) is 14.8 Å². The van der Waals surface area contributed by atoms with E-state index in [2.05, 4.69) is 17.0 Å². The zero-order valence-corrected chi connectivity index (χ0v) is 9.37. The number of hydrogen-bond acceptors (Lipinski definition) is 4. The van der Waals surface area contributed by atoms with Crippen molar-refractivity contribution in [3.8, 4) is 0 Å². The van der Waals surface area contributed by atoms with E-state index < -0.39 is 4.92 Å². The van der Waals surface area contributed by atoms with E-state index in [0.29, 0.717) is 5.92 Å². The van der Waals surface area contributed by atoms with Crippen LogP contribution in [0.2, 0.25) is 0 Å². The summed E-state index contributed by atoms with van der Waals surface area (Å²) in [5.74, 6) is 0.593. The fraction of sp³-hybridized carbons (Fsp3) is 0.700. The number of nitro groups is 1. The van der Waals surface area contributed by atoms with Crippen molar-refractivity contribution in [1.29, 1.82) is 0 Å². The Morgan fingerprint density at radius 3 is 2.81 bits per heavy atom. The minimum absolute atomic E-state index is 0.0768. The third-order valence-corrected chi connectivity index (χ3v) is 3.11. The van der Waals surface area contributed by atoms with Crippen LogP contribution in [0.5, 0.6) is 0 Å². The maximum absolute atomic E-state index is 10.5. The molecule has 1 aliphatic rings. The first kappa shape index (κ1) is 11.1. The molecule has 6 nitrogen and oxygen atoms in total. The molecule has 0 amide bonds. The van der Waals surface area contributed by atoms with E-state index in [1.54, 1.807) is 4.68 Å². The predicted octanol–water partition coefficient (Wildman–Crippen LogP) is 1.13. The number of nitrogens with zero attached hydrogens (tertiary/aromatic N) is 4. The third-order valence-electron chi connectivity index (χ3n) is 3.11. The maximum atomic E-state index is 10.5. The lowest BCUT2D eigenvalue weighted by Crippen LogP contribution is -2.31. The number of rotatable bonds is 3. The van der Waals surface area contributed by atoms with Crippen LogP contribution in [0.25, 0.3) is 0 Å². The molecule has 0 bridgehead atoms. The zero-order chi connectivity index (χ0) is 11.5. The van der Waals surface area contributed by atoms with Crippen LogP contribution in [0.4, 0.5) is 5.69 Å². The highest BCUT2D eigenvalue weighted by molar-refractivity contribution is 5.20. The first-order valence-corrected chi connectivity index (χ1v) is 5.50. The van der Waals surface area contributed by atoms with Crippen LogP contribution in [0.1, 0.15) is 12.8 Å².